The number of nitrogens with zero attached hydrogens (tertiary/aromatic N) is 1. The fourth-order valence-electron chi connectivity index (χ4n) is 2.51. The summed E-state index contributed by atoms with van der Waals surface area (Å²) >= 11 is 0. The predicted octanol–water partition coefficient (Wildman–Crippen LogP) is 2.23. The number of halogens is 1. The maximum absolute atomic E-state index is 13.1. The summed E-state index contributed by atoms with van der Waals surface area (Å²) in [6.45, 7) is 0.321. The molecule has 2 aromatic carbocycles. The van der Waals surface area contributed by atoms with E-state index in [9.17, 15) is 17.6 Å². The van der Waals surface area contributed by atoms with E-state index >= 15 is 0 Å². The third-order valence-corrected chi connectivity index (χ3v) is 4.37. The summed E-state index contributed by atoms with van der Waals surface area (Å²) in [5, 5.41) is 2.83. The van der Waals surface area contributed by atoms with Gasteiger partial charge < -0.3 is 10.2 Å². The van der Waals surface area contributed by atoms with Gasteiger partial charge in [0.15, 0.2) is 0 Å². The van der Waals surface area contributed by atoms with E-state index in [4.69, 9.17) is 0 Å². The SMILES string of the molecule is CN(C)C(CNC(=O)c1cccc(NS(C)(=O)=O)c1)c1ccc(F)cc1. The van der Waals surface area contributed by atoms with Crippen LogP contribution in [-0.2, 0) is 10.0 Å². The van der Waals surface area contributed by atoms with Crippen LogP contribution < -0.4 is 10.0 Å². The lowest BCUT2D eigenvalue weighted by atomic mass is 10.1. The van der Waals surface area contributed by atoms with Crippen molar-refractivity contribution in [2.45, 2.75) is 6.04 Å². The maximum atomic E-state index is 13.1. The molecule has 1 atom stereocenters. The molecule has 0 bridgehead atoms. The number of nitrogens with one attached hydrogen (secondary N) is 2. The molecule has 26 heavy (non-hydrogen) atoms. The molecule has 1 unspecified atom stereocenters. The molecule has 0 saturated heterocycles. The first-order valence-corrected chi connectivity index (χ1v) is 9.83. The highest BCUT2D eigenvalue weighted by atomic mass is 32.2. The molecule has 8 heteroatoms. The Morgan fingerprint density at radius 3 is 2.38 bits per heavy atom. The van der Waals surface area contributed by atoms with Crippen LogP contribution in [0.25, 0.3) is 0 Å². The second kappa shape index (κ2) is 8.29. The Kier molecular flexibility index (Phi) is 6.33. The van der Waals surface area contributed by atoms with Crippen molar-refractivity contribution in [3.05, 3.63) is 65.5 Å². The van der Waals surface area contributed by atoms with E-state index in [1.54, 1.807) is 30.3 Å². The summed E-state index contributed by atoms with van der Waals surface area (Å²) in [4.78, 5) is 14.3. The average Bonchev–Trinajstić information content (AvgIpc) is 2.55. The number of amides is 1. The van der Waals surface area contributed by atoms with Crippen LogP contribution in [0.1, 0.15) is 22.0 Å². The Bertz CT molecular complexity index is 868. The van der Waals surface area contributed by atoms with Gasteiger partial charge in [0.25, 0.3) is 5.91 Å². The largest absolute Gasteiger partial charge is 0.350 e. The summed E-state index contributed by atoms with van der Waals surface area (Å²) in [7, 11) is 0.329. The number of carbonyl (C=O) groups is 1. The van der Waals surface area contributed by atoms with Crippen molar-refractivity contribution in [1.29, 1.82) is 0 Å². The Hall–Kier alpha value is -2.45. The summed E-state index contributed by atoms with van der Waals surface area (Å²) in [6, 6.07) is 12.2. The topological polar surface area (TPSA) is 78.5 Å². The number of likely N-dealkylation sites (N-methyl/N-ethyl adjacent to an activating group) is 1. The van der Waals surface area contributed by atoms with Crippen LogP contribution in [-0.4, -0.2) is 46.1 Å². The van der Waals surface area contributed by atoms with E-state index in [1.165, 1.54) is 18.2 Å². The second-order valence-corrected chi connectivity index (χ2v) is 7.94. The number of hydrogen-bond acceptors (Lipinski definition) is 4. The quantitative estimate of drug-likeness (QED) is 0.773. The molecule has 0 saturated carbocycles. The van der Waals surface area contributed by atoms with Crippen LogP contribution in [0.15, 0.2) is 48.5 Å². The molecule has 0 aliphatic heterocycles. The first-order chi connectivity index (χ1) is 12.2. The Morgan fingerprint density at radius 2 is 1.81 bits per heavy atom. The van der Waals surface area contributed by atoms with E-state index in [0.29, 0.717) is 17.8 Å². The zero-order chi connectivity index (χ0) is 19.3. The van der Waals surface area contributed by atoms with Crippen molar-refractivity contribution in [3.63, 3.8) is 0 Å². The van der Waals surface area contributed by atoms with Gasteiger partial charge in [-0.2, -0.15) is 0 Å². The molecular formula is C18H22FN3O3S. The lowest BCUT2D eigenvalue weighted by Gasteiger charge is -2.25. The van der Waals surface area contributed by atoms with Gasteiger partial charge in [-0.15, -0.1) is 0 Å². The highest BCUT2D eigenvalue weighted by Crippen LogP contribution is 2.18. The van der Waals surface area contributed by atoms with Gasteiger partial charge in [0.05, 0.1) is 12.3 Å². The lowest BCUT2D eigenvalue weighted by Crippen LogP contribution is -2.34. The van der Waals surface area contributed by atoms with Crippen LogP contribution in [0.4, 0.5) is 10.1 Å². The normalized spacial score (nSPS) is 12.7. The molecule has 0 radical (unpaired) electrons. The number of rotatable bonds is 7. The van der Waals surface area contributed by atoms with Crippen molar-refractivity contribution in [1.82, 2.24) is 10.2 Å². The first kappa shape index (κ1) is 19.9. The Morgan fingerprint density at radius 1 is 1.15 bits per heavy atom. The standard InChI is InChI=1S/C18H22FN3O3S/c1-22(2)17(13-7-9-15(19)10-8-13)12-20-18(23)14-5-4-6-16(11-14)21-26(3,24)25/h4-11,17,21H,12H2,1-3H3,(H,20,23). The van der Waals surface area contributed by atoms with Gasteiger partial charge in [0.2, 0.25) is 10.0 Å². The molecule has 1 amide bonds. The first-order valence-electron chi connectivity index (χ1n) is 7.93. The second-order valence-electron chi connectivity index (χ2n) is 6.20. The maximum Gasteiger partial charge on any atom is 0.251 e. The summed E-state index contributed by atoms with van der Waals surface area (Å²) in [5.41, 5.74) is 1.54. The minimum absolute atomic E-state index is 0.128. The molecule has 0 fully saturated rings. The van der Waals surface area contributed by atoms with E-state index in [-0.39, 0.29) is 17.8 Å². The third kappa shape index (κ3) is 5.82. The molecule has 0 spiro atoms. The number of sulfonamides is 1. The molecule has 2 N–H and O–H groups in total. The van der Waals surface area contributed by atoms with Crippen LogP contribution in [0.3, 0.4) is 0 Å². The molecular weight excluding hydrogens is 357 g/mol. The highest BCUT2D eigenvalue weighted by molar-refractivity contribution is 7.92. The van der Waals surface area contributed by atoms with Crippen LogP contribution in [0.2, 0.25) is 0 Å². The van der Waals surface area contributed by atoms with Gasteiger partial charge in [0, 0.05) is 17.8 Å². The number of benzene rings is 2. The van der Waals surface area contributed by atoms with Crippen molar-refractivity contribution < 1.29 is 17.6 Å². The molecule has 2 rings (SSSR count). The monoisotopic (exact) mass is 379 g/mol. The lowest BCUT2D eigenvalue weighted by molar-refractivity contribution is 0.0942. The Balaban J connectivity index is 2.08. The highest BCUT2D eigenvalue weighted by Gasteiger charge is 2.16. The van der Waals surface area contributed by atoms with Gasteiger partial charge in [-0.3, -0.25) is 9.52 Å². The molecule has 0 heterocycles. The predicted molar refractivity (Wildman–Crippen MR) is 100 cm³/mol. The van der Waals surface area contributed by atoms with E-state index < -0.39 is 10.0 Å². The summed E-state index contributed by atoms with van der Waals surface area (Å²) in [5.74, 6) is -0.637. The zero-order valence-corrected chi connectivity index (χ0v) is 15.7. The molecule has 0 aliphatic carbocycles. The van der Waals surface area contributed by atoms with E-state index in [0.717, 1.165) is 11.8 Å². The number of carbonyl (C=O) groups excluding carboxylic acids is 1. The zero-order valence-electron chi connectivity index (χ0n) is 14.9. The molecule has 140 valence electrons. The van der Waals surface area contributed by atoms with Crippen molar-refractivity contribution in [2.75, 3.05) is 31.6 Å². The van der Waals surface area contributed by atoms with E-state index in [1.807, 2.05) is 19.0 Å². The van der Waals surface area contributed by atoms with Gasteiger partial charge in [-0.1, -0.05) is 18.2 Å². The summed E-state index contributed by atoms with van der Waals surface area (Å²) in [6.07, 6.45) is 1.05. The average molecular weight is 379 g/mol. The summed E-state index contributed by atoms with van der Waals surface area (Å²) < 4.78 is 38.1. The van der Waals surface area contributed by atoms with E-state index in [2.05, 4.69) is 10.0 Å². The molecule has 0 aromatic heterocycles. The molecule has 2 aromatic rings. The fourth-order valence-corrected chi connectivity index (χ4v) is 3.07. The van der Waals surface area contributed by atoms with Gasteiger partial charge in [0.1, 0.15) is 5.82 Å². The molecule has 0 aliphatic rings. The van der Waals surface area contributed by atoms with Crippen molar-refractivity contribution in [2.24, 2.45) is 0 Å². The Labute approximate surface area is 153 Å². The smallest absolute Gasteiger partial charge is 0.251 e. The van der Waals surface area contributed by atoms with Crippen molar-refractivity contribution in [3.8, 4) is 0 Å². The van der Waals surface area contributed by atoms with Gasteiger partial charge in [-0.05, 0) is 50.0 Å². The van der Waals surface area contributed by atoms with Crippen LogP contribution in [0.5, 0.6) is 0 Å². The van der Waals surface area contributed by atoms with Crippen LogP contribution >= 0.6 is 0 Å². The molecule has 6 nitrogen and oxygen atoms in total. The minimum atomic E-state index is -3.42. The minimum Gasteiger partial charge on any atom is -0.350 e. The number of anilines is 1. The van der Waals surface area contributed by atoms with Gasteiger partial charge >= 0.3 is 0 Å². The number of hydrogen-bond donors (Lipinski definition) is 2. The van der Waals surface area contributed by atoms with Gasteiger partial charge in [-0.25, -0.2) is 12.8 Å². The van der Waals surface area contributed by atoms with Crippen LogP contribution in [0, 0.1) is 5.82 Å². The third-order valence-electron chi connectivity index (χ3n) is 3.76. The fraction of sp³-hybridized carbons (Fsp3) is 0.278. The van der Waals surface area contributed by atoms with Crippen molar-refractivity contribution >= 4 is 21.6 Å².